The van der Waals surface area contributed by atoms with Crippen LogP contribution in [-0.4, -0.2) is 17.8 Å². The number of amides is 2. The number of rotatable bonds is 7. The standard InChI is InChI=1S/C28H30N2O4S/c1-16(2)25(31)30-27-23(20-11-8-12-22(20)35-27)28(33)34-24(19-9-6-5-7-10-19)26(32)29-21-15-17(3)13-14-18(21)4/h5-7,9-10,13-16,24H,8,11-12H2,1-4H3,(H,29,32)(H,30,31)/t24-/m0/s1. The van der Waals surface area contributed by atoms with E-state index in [-0.39, 0.29) is 11.8 Å². The molecule has 182 valence electrons. The molecule has 7 heteroatoms. The fraction of sp³-hybridized carbons (Fsp3) is 0.321. The molecular formula is C28H30N2O4S. The summed E-state index contributed by atoms with van der Waals surface area (Å²) in [5, 5.41) is 6.33. The number of anilines is 2. The lowest BCUT2D eigenvalue weighted by Crippen LogP contribution is -2.27. The molecule has 2 N–H and O–H groups in total. The minimum Gasteiger partial charge on any atom is -0.444 e. The highest BCUT2D eigenvalue weighted by atomic mass is 32.1. The zero-order valence-electron chi connectivity index (χ0n) is 20.4. The maximum atomic E-state index is 13.6. The number of nitrogens with one attached hydrogen (secondary N) is 2. The molecule has 0 radical (unpaired) electrons. The van der Waals surface area contributed by atoms with Gasteiger partial charge in [-0.3, -0.25) is 9.59 Å². The lowest BCUT2D eigenvalue weighted by atomic mass is 10.1. The Bertz CT molecular complexity index is 1260. The number of carbonyl (C=O) groups excluding carboxylic acids is 3. The predicted octanol–water partition coefficient (Wildman–Crippen LogP) is 5.98. The van der Waals surface area contributed by atoms with Crippen molar-refractivity contribution >= 4 is 39.8 Å². The van der Waals surface area contributed by atoms with Crippen LogP contribution in [0.15, 0.2) is 48.5 Å². The van der Waals surface area contributed by atoms with Crippen LogP contribution in [0.2, 0.25) is 0 Å². The van der Waals surface area contributed by atoms with E-state index in [4.69, 9.17) is 4.74 Å². The zero-order valence-corrected chi connectivity index (χ0v) is 21.3. The zero-order chi connectivity index (χ0) is 25.1. The van der Waals surface area contributed by atoms with Gasteiger partial charge in [-0.15, -0.1) is 11.3 Å². The molecule has 2 aromatic carbocycles. The number of esters is 1. The topological polar surface area (TPSA) is 84.5 Å². The summed E-state index contributed by atoms with van der Waals surface area (Å²) in [6.45, 7) is 7.47. The Labute approximate surface area is 209 Å². The number of benzene rings is 2. The van der Waals surface area contributed by atoms with Crippen LogP contribution >= 0.6 is 11.3 Å². The summed E-state index contributed by atoms with van der Waals surface area (Å²) in [5.41, 5.74) is 4.46. The highest BCUT2D eigenvalue weighted by Gasteiger charge is 2.32. The van der Waals surface area contributed by atoms with Gasteiger partial charge < -0.3 is 15.4 Å². The molecule has 0 saturated carbocycles. The van der Waals surface area contributed by atoms with Gasteiger partial charge in [0.2, 0.25) is 12.0 Å². The summed E-state index contributed by atoms with van der Waals surface area (Å²) in [6.07, 6.45) is 1.43. The third-order valence-electron chi connectivity index (χ3n) is 6.10. The van der Waals surface area contributed by atoms with Crippen molar-refractivity contribution in [3.8, 4) is 0 Å². The SMILES string of the molecule is Cc1ccc(C)c(NC(=O)[C@@H](OC(=O)c2c(NC(=O)C(C)C)sc3c2CCC3)c2ccccc2)c1. The highest BCUT2D eigenvalue weighted by Crippen LogP contribution is 2.40. The Morgan fingerprint density at radius 1 is 0.943 bits per heavy atom. The molecular weight excluding hydrogens is 460 g/mol. The average molecular weight is 491 g/mol. The van der Waals surface area contributed by atoms with Gasteiger partial charge in [-0.25, -0.2) is 4.79 Å². The molecule has 1 aliphatic carbocycles. The molecule has 0 bridgehead atoms. The summed E-state index contributed by atoms with van der Waals surface area (Å²) < 4.78 is 5.90. The molecule has 0 aliphatic heterocycles. The number of aryl methyl sites for hydroxylation is 3. The third-order valence-corrected chi connectivity index (χ3v) is 7.31. The monoisotopic (exact) mass is 490 g/mol. The van der Waals surface area contributed by atoms with Crippen molar-refractivity contribution in [2.24, 2.45) is 5.92 Å². The first-order chi connectivity index (χ1) is 16.7. The van der Waals surface area contributed by atoms with Crippen molar-refractivity contribution in [1.82, 2.24) is 0 Å². The van der Waals surface area contributed by atoms with Gasteiger partial charge in [0, 0.05) is 22.0 Å². The van der Waals surface area contributed by atoms with Crippen LogP contribution in [0, 0.1) is 19.8 Å². The van der Waals surface area contributed by atoms with Crippen LogP contribution < -0.4 is 10.6 Å². The predicted molar refractivity (Wildman–Crippen MR) is 139 cm³/mol. The number of thiophene rings is 1. The number of hydrogen-bond acceptors (Lipinski definition) is 5. The second-order valence-electron chi connectivity index (χ2n) is 9.21. The fourth-order valence-electron chi connectivity index (χ4n) is 4.10. The van der Waals surface area contributed by atoms with E-state index in [1.807, 2.05) is 38.1 Å². The first-order valence-electron chi connectivity index (χ1n) is 11.8. The highest BCUT2D eigenvalue weighted by molar-refractivity contribution is 7.17. The van der Waals surface area contributed by atoms with Crippen molar-refractivity contribution in [1.29, 1.82) is 0 Å². The van der Waals surface area contributed by atoms with Gasteiger partial charge in [-0.2, -0.15) is 0 Å². The summed E-state index contributed by atoms with van der Waals surface area (Å²) in [6, 6.07) is 14.8. The molecule has 0 saturated heterocycles. The number of ether oxygens (including phenoxy) is 1. The van der Waals surface area contributed by atoms with Crippen molar-refractivity contribution in [3.63, 3.8) is 0 Å². The molecule has 0 fully saturated rings. The molecule has 1 aromatic heterocycles. The molecule has 1 atom stereocenters. The van der Waals surface area contributed by atoms with Gasteiger partial charge in [0.1, 0.15) is 5.00 Å². The Hall–Kier alpha value is -3.45. The first-order valence-corrected chi connectivity index (χ1v) is 12.7. The Balaban J connectivity index is 1.65. The van der Waals surface area contributed by atoms with Gasteiger partial charge >= 0.3 is 5.97 Å². The number of carbonyl (C=O) groups is 3. The van der Waals surface area contributed by atoms with Crippen LogP contribution in [-0.2, 0) is 27.2 Å². The average Bonchev–Trinajstić information content (AvgIpc) is 3.41. The van der Waals surface area contributed by atoms with E-state index in [9.17, 15) is 14.4 Å². The van der Waals surface area contributed by atoms with E-state index in [2.05, 4.69) is 10.6 Å². The maximum absolute atomic E-state index is 13.6. The second-order valence-corrected chi connectivity index (χ2v) is 10.3. The Kier molecular flexibility index (Phi) is 7.36. The summed E-state index contributed by atoms with van der Waals surface area (Å²) in [5.74, 6) is -1.42. The minimum absolute atomic E-state index is 0.161. The van der Waals surface area contributed by atoms with Crippen molar-refractivity contribution in [2.75, 3.05) is 10.6 Å². The number of fused-ring (bicyclic) bond motifs is 1. The van der Waals surface area contributed by atoms with E-state index in [1.54, 1.807) is 38.1 Å². The van der Waals surface area contributed by atoms with Crippen LogP contribution in [0.5, 0.6) is 0 Å². The lowest BCUT2D eigenvalue weighted by molar-refractivity contribution is -0.125. The van der Waals surface area contributed by atoms with Crippen LogP contribution in [0.3, 0.4) is 0 Å². The molecule has 6 nitrogen and oxygen atoms in total. The van der Waals surface area contributed by atoms with E-state index in [1.165, 1.54) is 11.3 Å². The van der Waals surface area contributed by atoms with E-state index >= 15 is 0 Å². The smallest absolute Gasteiger partial charge is 0.342 e. The number of hydrogen-bond donors (Lipinski definition) is 2. The third kappa shape index (κ3) is 5.46. The lowest BCUT2D eigenvalue weighted by Gasteiger charge is -2.20. The minimum atomic E-state index is -1.14. The van der Waals surface area contributed by atoms with Crippen molar-refractivity contribution < 1.29 is 19.1 Å². The largest absolute Gasteiger partial charge is 0.444 e. The second kappa shape index (κ2) is 10.4. The Morgan fingerprint density at radius 2 is 1.69 bits per heavy atom. The van der Waals surface area contributed by atoms with Gasteiger partial charge in [0.25, 0.3) is 5.91 Å². The van der Waals surface area contributed by atoms with Crippen molar-refractivity contribution in [2.45, 2.75) is 53.1 Å². The van der Waals surface area contributed by atoms with E-state index in [0.29, 0.717) is 21.8 Å². The first kappa shape index (κ1) is 24.7. The van der Waals surface area contributed by atoms with Crippen LogP contribution in [0.25, 0.3) is 0 Å². The Morgan fingerprint density at radius 3 is 2.40 bits per heavy atom. The van der Waals surface area contributed by atoms with E-state index < -0.39 is 18.0 Å². The van der Waals surface area contributed by atoms with Crippen LogP contribution in [0.1, 0.15) is 63.9 Å². The summed E-state index contributed by atoms with van der Waals surface area (Å²) >= 11 is 1.43. The summed E-state index contributed by atoms with van der Waals surface area (Å²) in [7, 11) is 0. The van der Waals surface area contributed by atoms with Gasteiger partial charge in [0.05, 0.1) is 5.56 Å². The van der Waals surface area contributed by atoms with Crippen LogP contribution in [0.4, 0.5) is 10.7 Å². The van der Waals surface area contributed by atoms with E-state index in [0.717, 1.165) is 40.8 Å². The molecule has 4 rings (SSSR count). The molecule has 0 spiro atoms. The molecule has 1 heterocycles. The normalized spacial score (nSPS) is 13.3. The van der Waals surface area contributed by atoms with Gasteiger partial charge in [-0.05, 0) is 55.9 Å². The van der Waals surface area contributed by atoms with Gasteiger partial charge in [-0.1, -0.05) is 56.3 Å². The molecule has 2 amide bonds. The molecule has 3 aromatic rings. The molecule has 1 aliphatic rings. The quantitative estimate of drug-likeness (QED) is 0.399. The van der Waals surface area contributed by atoms with Crippen molar-refractivity contribution in [3.05, 3.63) is 81.2 Å². The molecule has 35 heavy (non-hydrogen) atoms. The molecule has 0 unspecified atom stereocenters. The maximum Gasteiger partial charge on any atom is 0.342 e. The van der Waals surface area contributed by atoms with Gasteiger partial charge in [0.15, 0.2) is 0 Å². The summed E-state index contributed by atoms with van der Waals surface area (Å²) in [4.78, 5) is 40.5. The fourth-order valence-corrected chi connectivity index (χ4v) is 5.38.